The highest BCUT2D eigenvalue weighted by molar-refractivity contribution is 5.86. The average Bonchev–Trinajstić information content (AvgIpc) is 3.35. The number of fused-ring (bicyclic) bond motifs is 1. The molecule has 2 saturated carbocycles. The van der Waals surface area contributed by atoms with Crippen LogP contribution in [0, 0.1) is 23.2 Å². The molecule has 0 aromatic carbocycles. The van der Waals surface area contributed by atoms with Crippen molar-refractivity contribution in [1.29, 1.82) is 0 Å². The number of halogens is 1. The number of hydrogen-bond acceptors (Lipinski definition) is 3. The van der Waals surface area contributed by atoms with E-state index in [9.17, 15) is 9.59 Å². The first-order chi connectivity index (χ1) is 11.7. The lowest BCUT2D eigenvalue weighted by Gasteiger charge is -2.43. The topological polar surface area (TPSA) is 61.4 Å². The van der Waals surface area contributed by atoms with Gasteiger partial charge in [-0.2, -0.15) is 0 Å². The fraction of sp³-hybridized carbons (Fsp3) is 0.895. The quantitative estimate of drug-likeness (QED) is 0.796. The minimum Gasteiger partial charge on any atom is -0.356 e. The Morgan fingerprint density at radius 2 is 1.96 bits per heavy atom. The van der Waals surface area contributed by atoms with Crippen LogP contribution in [0.4, 0.5) is 0 Å². The van der Waals surface area contributed by atoms with Crippen LogP contribution in [0.15, 0.2) is 0 Å². The third kappa shape index (κ3) is 3.82. The van der Waals surface area contributed by atoms with E-state index < -0.39 is 0 Å². The van der Waals surface area contributed by atoms with E-state index in [1.165, 1.54) is 32.1 Å². The predicted octanol–water partition coefficient (Wildman–Crippen LogP) is 1.95. The van der Waals surface area contributed by atoms with Crippen LogP contribution in [0.3, 0.4) is 0 Å². The summed E-state index contributed by atoms with van der Waals surface area (Å²) in [4.78, 5) is 27.8. The van der Waals surface area contributed by atoms with E-state index in [4.69, 9.17) is 0 Å². The first-order valence-corrected chi connectivity index (χ1v) is 9.97. The van der Waals surface area contributed by atoms with Crippen molar-refractivity contribution in [3.05, 3.63) is 0 Å². The number of hydrogen-bond donors (Lipinski definition) is 2. The van der Waals surface area contributed by atoms with Crippen molar-refractivity contribution >= 4 is 24.2 Å². The highest BCUT2D eigenvalue weighted by Crippen LogP contribution is 2.45. The summed E-state index contributed by atoms with van der Waals surface area (Å²) in [6.45, 7) is 4.12. The van der Waals surface area contributed by atoms with Crippen molar-refractivity contribution < 1.29 is 9.59 Å². The smallest absolute Gasteiger partial charge is 0.230 e. The molecule has 0 aromatic rings. The van der Waals surface area contributed by atoms with E-state index in [1.807, 2.05) is 4.90 Å². The van der Waals surface area contributed by atoms with E-state index in [-0.39, 0.29) is 29.6 Å². The van der Waals surface area contributed by atoms with Gasteiger partial charge in [0.2, 0.25) is 11.8 Å². The van der Waals surface area contributed by atoms with Crippen LogP contribution < -0.4 is 10.6 Å². The van der Waals surface area contributed by atoms with Crippen molar-refractivity contribution in [1.82, 2.24) is 15.5 Å². The molecule has 4 rings (SSSR count). The van der Waals surface area contributed by atoms with Crippen LogP contribution in [-0.4, -0.2) is 49.4 Å². The van der Waals surface area contributed by atoms with Gasteiger partial charge < -0.3 is 15.5 Å². The molecule has 2 amide bonds. The van der Waals surface area contributed by atoms with Crippen LogP contribution in [0.25, 0.3) is 0 Å². The number of nitrogens with zero attached hydrogens (tertiary/aromatic N) is 1. The van der Waals surface area contributed by atoms with Crippen molar-refractivity contribution in [2.24, 2.45) is 23.2 Å². The molecule has 2 aliphatic heterocycles. The molecule has 0 aromatic heterocycles. The number of amides is 2. The number of carbonyl (C=O) groups excluding carboxylic acids is 2. The normalized spacial score (nSPS) is 34.8. The number of carbonyl (C=O) groups is 2. The predicted molar refractivity (Wildman–Crippen MR) is 99.5 cm³/mol. The Morgan fingerprint density at radius 3 is 2.76 bits per heavy atom. The zero-order valence-electron chi connectivity index (χ0n) is 15.1. The molecule has 0 radical (unpaired) electrons. The van der Waals surface area contributed by atoms with E-state index in [2.05, 4.69) is 10.6 Å². The van der Waals surface area contributed by atoms with Crippen LogP contribution in [-0.2, 0) is 9.59 Å². The van der Waals surface area contributed by atoms with Gasteiger partial charge in [-0.25, -0.2) is 0 Å². The minimum absolute atomic E-state index is 0. The van der Waals surface area contributed by atoms with Gasteiger partial charge in [-0.1, -0.05) is 12.8 Å². The van der Waals surface area contributed by atoms with Gasteiger partial charge in [-0.05, 0) is 56.9 Å². The lowest BCUT2D eigenvalue weighted by atomic mass is 9.67. The molecule has 0 bridgehead atoms. The first kappa shape index (κ1) is 19.0. The molecule has 142 valence electrons. The van der Waals surface area contributed by atoms with Crippen molar-refractivity contribution in [2.45, 2.75) is 51.4 Å². The molecule has 4 aliphatic rings. The van der Waals surface area contributed by atoms with Gasteiger partial charge >= 0.3 is 0 Å². The summed E-state index contributed by atoms with van der Waals surface area (Å²) >= 11 is 0. The fourth-order valence-electron chi connectivity index (χ4n) is 5.07. The van der Waals surface area contributed by atoms with Gasteiger partial charge in [0.1, 0.15) is 0 Å². The van der Waals surface area contributed by atoms with Gasteiger partial charge in [0.25, 0.3) is 0 Å². The highest BCUT2D eigenvalue weighted by atomic mass is 35.5. The molecule has 4 fully saturated rings. The first-order valence-electron chi connectivity index (χ1n) is 9.97. The molecule has 6 heteroatoms. The highest BCUT2D eigenvalue weighted by Gasteiger charge is 2.51. The molecule has 3 atom stereocenters. The molecule has 2 heterocycles. The molecular weight excluding hydrogens is 338 g/mol. The molecule has 2 aliphatic carbocycles. The summed E-state index contributed by atoms with van der Waals surface area (Å²) in [6, 6.07) is 0. The van der Waals surface area contributed by atoms with E-state index in [1.54, 1.807) is 0 Å². The second-order valence-corrected chi connectivity index (χ2v) is 8.51. The van der Waals surface area contributed by atoms with Crippen LogP contribution in [0.2, 0.25) is 0 Å². The summed E-state index contributed by atoms with van der Waals surface area (Å²) in [5.41, 5.74) is -0.176. The third-order valence-corrected chi connectivity index (χ3v) is 6.81. The molecule has 5 nitrogen and oxygen atoms in total. The molecule has 2 N–H and O–H groups in total. The largest absolute Gasteiger partial charge is 0.356 e. The monoisotopic (exact) mass is 369 g/mol. The Labute approximate surface area is 157 Å². The molecule has 1 unspecified atom stereocenters. The van der Waals surface area contributed by atoms with Gasteiger partial charge in [0.05, 0.1) is 11.3 Å². The summed E-state index contributed by atoms with van der Waals surface area (Å²) < 4.78 is 0. The van der Waals surface area contributed by atoms with Crippen molar-refractivity contribution in [3.63, 3.8) is 0 Å². The Balaban J connectivity index is 0.00000182. The Hall–Kier alpha value is -0.810. The number of rotatable bonds is 4. The number of likely N-dealkylation sites (tertiary alicyclic amines) is 1. The lowest BCUT2D eigenvalue weighted by Crippen LogP contribution is -2.54. The van der Waals surface area contributed by atoms with Gasteiger partial charge in [-0.3, -0.25) is 9.59 Å². The van der Waals surface area contributed by atoms with Crippen molar-refractivity contribution in [3.8, 4) is 0 Å². The van der Waals surface area contributed by atoms with Crippen LogP contribution >= 0.6 is 12.4 Å². The van der Waals surface area contributed by atoms with Crippen molar-refractivity contribution in [2.75, 3.05) is 32.7 Å². The second kappa shape index (κ2) is 7.83. The van der Waals surface area contributed by atoms with Gasteiger partial charge in [0, 0.05) is 26.2 Å². The average molecular weight is 370 g/mol. The summed E-state index contributed by atoms with van der Waals surface area (Å²) in [6.07, 6.45) is 9.03. The zero-order chi connectivity index (χ0) is 16.6. The van der Waals surface area contributed by atoms with Crippen LogP contribution in [0.1, 0.15) is 51.4 Å². The lowest BCUT2D eigenvalue weighted by molar-refractivity contribution is -0.148. The fourth-order valence-corrected chi connectivity index (χ4v) is 5.07. The van der Waals surface area contributed by atoms with E-state index in [0.717, 1.165) is 45.4 Å². The summed E-state index contributed by atoms with van der Waals surface area (Å²) in [5.74, 6) is 1.71. The number of piperidine rings is 1. The van der Waals surface area contributed by atoms with Crippen LogP contribution in [0.5, 0.6) is 0 Å². The Kier molecular flexibility index (Phi) is 5.94. The van der Waals surface area contributed by atoms with E-state index in [0.29, 0.717) is 24.3 Å². The summed E-state index contributed by atoms with van der Waals surface area (Å²) in [7, 11) is 0. The standard InChI is InChI=1S/C19H31N3O2.ClH/c23-17(21-10-14-6-7-14)15-4-3-9-22(12-15)18(24)19-8-2-1-5-16(19)11-20-13-19;/h14-16,20H,1-13H2,(H,21,23);1H/t15?,16-,19+;/m0./s1. The Bertz CT molecular complexity index is 511. The maximum atomic E-state index is 13.4. The second-order valence-electron chi connectivity index (χ2n) is 8.51. The molecule has 2 saturated heterocycles. The maximum Gasteiger partial charge on any atom is 0.230 e. The van der Waals surface area contributed by atoms with E-state index >= 15 is 0 Å². The van der Waals surface area contributed by atoms with Gasteiger partial charge in [0.15, 0.2) is 0 Å². The third-order valence-electron chi connectivity index (χ3n) is 6.81. The molecular formula is C19H32ClN3O2. The molecule has 0 spiro atoms. The Morgan fingerprint density at radius 1 is 1.12 bits per heavy atom. The minimum atomic E-state index is -0.176. The van der Waals surface area contributed by atoms with Gasteiger partial charge in [-0.15, -0.1) is 12.4 Å². The molecule has 25 heavy (non-hydrogen) atoms. The number of nitrogens with one attached hydrogen (secondary N) is 2. The maximum absolute atomic E-state index is 13.4. The zero-order valence-corrected chi connectivity index (χ0v) is 15.9. The SMILES string of the molecule is Cl.O=C(NCC1CC1)C1CCCN(C(=O)[C@@]23CCCC[C@H]2CNC3)C1. The summed E-state index contributed by atoms with van der Waals surface area (Å²) in [5, 5.41) is 6.58.